The van der Waals surface area contributed by atoms with Crippen LogP contribution in [0, 0.1) is 0 Å². The molecule has 0 aliphatic heterocycles. The molecule has 31 heavy (non-hydrogen) atoms. The Bertz CT molecular complexity index is 915. The van der Waals surface area contributed by atoms with Crippen molar-refractivity contribution in [3.05, 3.63) is 59.2 Å². The van der Waals surface area contributed by atoms with E-state index in [0.29, 0.717) is 33.9 Å². The van der Waals surface area contributed by atoms with Crippen LogP contribution in [0.3, 0.4) is 0 Å². The number of ether oxygens (including phenoxy) is 5. The molecule has 0 N–H and O–H groups in total. The molecule has 0 unspecified atom stereocenters. The molecule has 0 aliphatic rings. The van der Waals surface area contributed by atoms with E-state index in [2.05, 4.69) is 0 Å². The quantitative estimate of drug-likeness (QED) is 0.458. The minimum absolute atomic E-state index is 0.0377. The van der Waals surface area contributed by atoms with E-state index in [1.807, 2.05) is 0 Å². The van der Waals surface area contributed by atoms with Crippen LogP contribution in [0.15, 0.2) is 48.0 Å². The van der Waals surface area contributed by atoms with Crippen molar-refractivity contribution in [1.82, 2.24) is 0 Å². The lowest BCUT2D eigenvalue weighted by atomic mass is 10.1. The Morgan fingerprint density at radius 2 is 1.42 bits per heavy atom. The van der Waals surface area contributed by atoms with Gasteiger partial charge in [-0.15, -0.1) is 0 Å². The molecular formula is C24H28O7. The number of hydrogen-bond acceptors (Lipinski definition) is 7. The smallest absolute Gasteiger partial charge is 0.338 e. The normalized spacial score (nSPS) is 11.5. The summed E-state index contributed by atoms with van der Waals surface area (Å²) in [6, 6.07) is 11.8. The highest BCUT2D eigenvalue weighted by Gasteiger charge is 2.21. The van der Waals surface area contributed by atoms with Crippen molar-refractivity contribution in [2.24, 2.45) is 0 Å². The number of benzene rings is 2. The summed E-state index contributed by atoms with van der Waals surface area (Å²) in [6.45, 7) is 5.34. The topological polar surface area (TPSA) is 80.3 Å². The first kappa shape index (κ1) is 23.8. The zero-order valence-corrected chi connectivity index (χ0v) is 18.7. The van der Waals surface area contributed by atoms with Gasteiger partial charge in [0.25, 0.3) is 0 Å². The molecule has 166 valence electrons. The van der Waals surface area contributed by atoms with Crippen molar-refractivity contribution in [3.8, 4) is 17.2 Å². The Kier molecular flexibility index (Phi) is 8.07. The summed E-state index contributed by atoms with van der Waals surface area (Å²) in [4.78, 5) is 24.4. The highest BCUT2D eigenvalue weighted by Crippen LogP contribution is 2.28. The summed E-state index contributed by atoms with van der Waals surface area (Å²) in [6.07, 6.45) is 1.66. The van der Waals surface area contributed by atoms with Crippen molar-refractivity contribution in [3.63, 3.8) is 0 Å². The van der Waals surface area contributed by atoms with E-state index in [0.717, 1.165) is 0 Å². The maximum absolute atomic E-state index is 12.8. The molecule has 0 fully saturated rings. The van der Waals surface area contributed by atoms with Crippen LogP contribution in [0.2, 0.25) is 0 Å². The van der Waals surface area contributed by atoms with E-state index in [1.165, 1.54) is 7.11 Å². The first-order valence-corrected chi connectivity index (χ1v) is 9.63. The number of methoxy groups -OCH3 is 3. The second kappa shape index (κ2) is 10.5. The molecule has 0 spiro atoms. The molecule has 0 saturated carbocycles. The van der Waals surface area contributed by atoms with Gasteiger partial charge in [0.05, 0.1) is 32.5 Å². The van der Waals surface area contributed by atoms with E-state index in [-0.39, 0.29) is 6.61 Å². The van der Waals surface area contributed by atoms with Crippen LogP contribution >= 0.6 is 0 Å². The number of carbonyl (C=O) groups excluding carboxylic acids is 2. The van der Waals surface area contributed by atoms with Crippen LogP contribution in [0.4, 0.5) is 0 Å². The maximum Gasteiger partial charge on any atom is 0.338 e. The number of carbonyl (C=O) groups is 2. The van der Waals surface area contributed by atoms with Crippen molar-refractivity contribution in [2.75, 3.05) is 27.9 Å². The molecule has 0 heterocycles. The molecule has 0 aliphatic carbocycles. The third-order valence-electron chi connectivity index (χ3n) is 4.05. The lowest BCUT2D eigenvalue weighted by molar-refractivity contribution is -0.150. The molecule has 2 aromatic carbocycles. The molecular weight excluding hydrogens is 400 g/mol. The largest absolute Gasteiger partial charge is 0.496 e. The van der Waals surface area contributed by atoms with Gasteiger partial charge in [-0.05, 0) is 44.5 Å². The van der Waals surface area contributed by atoms with Gasteiger partial charge in [-0.2, -0.15) is 0 Å². The predicted octanol–water partition coefficient (Wildman–Crippen LogP) is 4.29. The fraction of sp³-hybridized carbons (Fsp3) is 0.333. The van der Waals surface area contributed by atoms with Gasteiger partial charge in [-0.3, -0.25) is 0 Å². The van der Waals surface area contributed by atoms with Gasteiger partial charge in [0, 0.05) is 18.2 Å². The fourth-order valence-electron chi connectivity index (χ4n) is 2.56. The summed E-state index contributed by atoms with van der Waals surface area (Å²) in [5.41, 5.74) is 0.769. The molecule has 2 rings (SSSR count). The zero-order valence-electron chi connectivity index (χ0n) is 18.7. The summed E-state index contributed by atoms with van der Waals surface area (Å²) >= 11 is 0. The fourth-order valence-corrected chi connectivity index (χ4v) is 2.56. The number of hydrogen-bond donors (Lipinski definition) is 0. The SMILES string of the molecule is COC(=O)c1ccc(C=C(COc2cc(OC)cc(OC)c2)C(=O)OC(C)(C)C)cc1. The van der Waals surface area contributed by atoms with E-state index >= 15 is 0 Å². The first-order valence-electron chi connectivity index (χ1n) is 9.63. The average Bonchev–Trinajstić information content (AvgIpc) is 2.74. The first-order chi connectivity index (χ1) is 14.6. The minimum Gasteiger partial charge on any atom is -0.496 e. The number of rotatable bonds is 8. The van der Waals surface area contributed by atoms with Crippen LogP contribution in [0.1, 0.15) is 36.7 Å². The monoisotopic (exact) mass is 428 g/mol. The van der Waals surface area contributed by atoms with Crippen molar-refractivity contribution >= 4 is 18.0 Å². The second-order valence-electron chi connectivity index (χ2n) is 7.62. The molecule has 0 bridgehead atoms. The molecule has 7 nitrogen and oxygen atoms in total. The van der Waals surface area contributed by atoms with Gasteiger partial charge in [0.2, 0.25) is 0 Å². The van der Waals surface area contributed by atoms with Gasteiger partial charge < -0.3 is 23.7 Å². The Morgan fingerprint density at radius 3 is 1.90 bits per heavy atom. The Hall–Kier alpha value is -3.48. The van der Waals surface area contributed by atoms with E-state index in [4.69, 9.17) is 23.7 Å². The predicted molar refractivity (Wildman–Crippen MR) is 117 cm³/mol. The maximum atomic E-state index is 12.8. The Balaban J connectivity index is 2.29. The van der Waals surface area contributed by atoms with E-state index in [9.17, 15) is 9.59 Å². The van der Waals surface area contributed by atoms with Gasteiger partial charge in [-0.25, -0.2) is 9.59 Å². The highest BCUT2D eigenvalue weighted by atomic mass is 16.6. The van der Waals surface area contributed by atoms with Gasteiger partial charge in [0.1, 0.15) is 29.5 Å². The summed E-state index contributed by atoms with van der Waals surface area (Å²) < 4.78 is 26.6. The summed E-state index contributed by atoms with van der Waals surface area (Å²) in [5, 5.41) is 0. The molecule has 7 heteroatoms. The molecule has 0 saturated heterocycles. The van der Waals surface area contributed by atoms with Crippen LogP contribution in [-0.2, 0) is 14.3 Å². The highest BCUT2D eigenvalue weighted by molar-refractivity contribution is 5.94. The van der Waals surface area contributed by atoms with Gasteiger partial charge >= 0.3 is 11.9 Å². The summed E-state index contributed by atoms with van der Waals surface area (Å²) in [7, 11) is 4.41. The van der Waals surface area contributed by atoms with E-state index < -0.39 is 17.5 Å². The Morgan fingerprint density at radius 1 is 0.871 bits per heavy atom. The molecule has 2 aromatic rings. The van der Waals surface area contributed by atoms with Crippen molar-refractivity contribution in [1.29, 1.82) is 0 Å². The molecule has 0 aromatic heterocycles. The molecule has 0 atom stereocenters. The number of esters is 2. The standard InChI is InChI=1S/C24H28O7/c1-24(2,3)31-23(26)18(11-16-7-9-17(10-8-16)22(25)29-6)15-30-21-13-19(27-4)12-20(14-21)28-5/h7-14H,15H2,1-6H3. The average molecular weight is 428 g/mol. The van der Waals surface area contributed by atoms with Gasteiger partial charge in [-0.1, -0.05) is 12.1 Å². The Labute approximate surface area is 182 Å². The zero-order chi connectivity index (χ0) is 23.0. The van der Waals surface area contributed by atoms with Gasteiger partial charge in [0.15, 0.2) is 0 Å². The third-order valence-corrected chi connectivity index (χ3v) is 4.05. The minimum atomic E-state index is -0.663. The lowest BCUT2D eigenvalue weighted by Gasteiger charge is -2.21. The van der Waals surface area contributed by atoms with Crippen molar-refractivity contribution in [2.45, 2.75) is 26.4 Å². The summed E-state index contributed by atoms with van der Waals surface area (Å²) in [5.74, 6) is 0.676. The second-order valence-corrected chi connectivity index (χ2v) is 7.62. The lowest BCUT2D eigenvalue weighted by Crippen LogP contribution is -2.26. The molecule has 0 amide bonds. The van der Waals surface area contributed by atoms with Crippen LogP contribution in [0.25, 0.3) is 6.08 Å². The van der Waals surface area contributed by atoms with Crippen LogP contribution in [0.5, 0.6) is 17.2 Å². The molecule has 0 radical (unpaired) electrons. The van der Waals surface area contributed by atoms with E-state index in [1.54, 1.807) is 83.5 Å². The van der Waals surface area contributed by atoms with Crippen LogP contribution in [-0.4, -0.2) is 45.5 Å². The third kappa shape index (κ3) is 7.37. The van der Waals surface area contributed by atoms with Crippen molar-refractivity contribution < 1.29 is 33.3 Å². The van der Waals surface area contributed by atoms with Crippen LogP contribution < -0.4 is 14.2 Å².